The van der Waals surface area contributed by atoms with Gasteiger partial charge in [0.25, 0.3) is 5.91 Å². The summed E-state index contributed by atoms with van der Waals surface area (Å²) in [4.78, 5) is 19.5. The number of nitriles is 1. The molecule has 0 radical (unpaired) electrons. The van der Waals surface area contributed by atoms with Gasteiger partial charge in [-0.15, -0.1) is 0 Å². The first-order chi connectivity index (χ1) is 11.5. The number of aryl methyl sites for hydroxylation is 1. The molecule has 130 valence electrons. The van der Waals surface area contributed by atoms with Crippen molar-refractivity contribution in [3.8, 4) is 6.07 Å². The van der Waals surface area contributed by atoms with E-state index < -0.39 is 0 Å². The Morgan fingerprint density at radius 2 is 2.04 bits per heavy atom. The third-order valence-electron chi connectivity index (χ3n) is 5.53. The van der Waals surface area contributed by atoms with E-state index in [1.165, 1.54) is 12.8 Å². The van der Waals surface area contributed by atoms with Gasteiger partial charge >= 0.3 is 0 Å². The summed E-state index contributed by atoms with van der Waals surface area (Å²) in [5.41, 5.74) is 0.506. The average molecular weight is 330 g/mol. The summed E-state index contributed by atoms with van der Waals surface area (Å²) in [5, 5.41) is 8.93. The van der Waals surface area contributed by atoms with Gasteiger partial charge < -0.3 is 14.2 Å². The number of amides is 1. The molecule has 0 spiro atoms. The monoisotopic (exact) mass is 330 g/mol. The van der Waals surface area contributed by atoms with Crippen molar-refractivity contribution < 1.29 is 9.21 Å². The minimum atomic E-state index is -0.0482. The van der Waals surface area contributed by atoms with Gasteiger partial charge in [-0.3, -0.25) is 9.69 Å². The third-order valence-corrected chi connectivity index (χ3v) is 5.53. The molecule has 3 rings (SSSR count). The van der Waals surface area contributed by atoms with Crippen LogP contribution in [0.25, 0.3) is 0 Å². The van der Waals surface area contributed by atoms with Gasteiger partial charge in [0, 0.05) is 38.3 Å². The van der Waals surface area contributed by atoms with Crippen molar-refractivity contribution in [2.45, 2.75) is 38.3 Å². The number of carbonyl (C=O) groups is 1. The van der Waals surface area contributed by atoms with Crippen LogP contribution in [0, 0.1) is 18.3 Å². The maximum Gasteiger partial charge on any atom is 0.257 e. The number of hydrogen-bond donors (Lipinski definition) is 0. The lowest BCUT2D eigenvalue weighted by molar-refractivity contribution is 0.0719. The van der Waals surface area contributed by atoms with E-state index in [1.807, 2.05) is 18.0 Å². The van der Waals surface area contributed by atoms with Crippen LogP contribution in [0.1, 0.15) is 41.1 Å². The van der Waals surface area contributed by atoms with Gasteiger partial charge in [0.1, 0.15) is 11.8 Å². The SMILES string of the molecule is Cc1oc(C#N)cc1C(=O)N(C)C1CCN(C2CCN(C)CC2)C1. The van der Waals surface area contributed by atoms with Crippen LogP contribution in [0.4, 0.5) is 0 Å². The molecule has 0 saturated carbocycles. The molecule has 24 heavy (non-hydrogen) atoms. The highest BCUT2D eigenvalue weighted by atomic mass is 16.3. The zero-order chi connectivity index (χ0) is 17.3. The molecule has 1 aromatic rings. The number of likely N-dealkylation sites (N-methyl/N-ethyl adjacent to an activating group) is 1. The maximum absolute atomic E-state index is 12.7. The molecule has 2 fully saturated rings. The summed E-state index contributed by atoms with van der Waals surface area (Å²) >= 11 is 0. The number of furan rings is 1. The zero-order valence-corrected chi connectivity index (χ0v) is 14.8. The number of piperidine rings is 1. The molecule has 0 aromatic carbocycles. The topological polar surface area (TPSA) is 63.7 Å². The Bertz CT molecular complexity index is 640. The summed E-state index contributed by atoms with van der Waals surface area (Å²) in [6.45, 7) is 6.06. The molecule has 1 amide bonds. The predicted molar refractivity (Wildman–Crippen MR) is 90.8 cm³/mol. The van der Waals surface area contributed by atoms with E-state index >= 15 is 0 Å². The van der Waals surface area contributed by atoms with Gasteiger partial charge in [-0.25, -0.2) is 0 Å². The Hall–Kier alpha value is -1.84. The molecule has 1 atom stereocenters. The summed E-state index contributed by atoms with van der Waals surface area (Å²) in [7, 11) is 4.04. The van der Waals surface area contributed by atoms with Gasteiger partial charge in [-0.05, 0) is 46.3 Å². The Kier molecular flexibility index (Phi) is 4.93. The summed E-state index contributed by atoms with van der Waals surface area (Å²) in [6, 6.07) is 4.39. The normalized spacial score (nSPS) is 23.3. The first-order valence-corrected chi connectivity index (χ1v) is 8.70. The quantitative estimate of drug-likeness (QED) is 0.844. The molecular weight excluding hydrogens is 304 g/mol. The number of rotatable bonds is 3. The first-order valence-electron chi connectivity index (χ1n) is 8.70. The van der Waals surface area contributed by atoms with E-state index in [1.54, 1.807) is 13.0 Å². The lowest BCUT2D eigenvalue weighted by Crippen LogP contribution is -2.45. The fourth-order valence-electron chi connectivity index (χ4n) is 3.88. The van der Waals surface area contributed by atoms with Gasteiger partial charge in [0.2, 0.25) is 5.76 Å². The molecule has 2 saturated heterocycles. The largest absolute Gasteiger partial charge is 0.450 e. The minimum Gasteiger partial charge on any atom is -0.450 e. The molecule has 6 heteroatoms. The molecule has 2 aliphatic heterocycles. The highest BCUT2D eigenvalue weighted by Crippen LogP contribution is 2.24. The van der Waals surface area contributed by atoms with Crippen molar-refractivity contribution in [3.05, 3.63) is 23.2 Å². The molecule has 6 nitrogen and oxygen atoms in total. The van der Waals surface area contributed by atoms with Gasteiger partial charge in [0.05, 0.1) is 5.56 Å². The summed E-state index contributed by atoms with van der Waals surface area (Å²) in [6.07, 6.45) is 3.44. The minimum absolute atomic E-state index is 0.0482. The van der Waals surface area contributed by atoms with Crippen LogP contribution in [0.5, 0.6) is 0 Å². The fraction of sp³-hybridized carbons (Fsp3) is 0.667. The fourth-order valence-corrected chi connectivity index (χ4v) is 3.88. The molecule has 1 aromatic heterocycles. The van der Waals surface area contributed by atoms with E-state index in [0.717, 1.165) is 32.6 Å². The third kappa shape index (κ3) is 3.33. The van der Waals surface area contributed by atoms with Gasteiger partial charge in [-0.2, -0.15) is 5.26 Å². The average Bonchev–Trinajstić information content (AvgIpc) is 3.21. The Balaban J connectivity index is 1.61. The van der Waals surface area contributed by atoms with Crippen LogP contribution >= 0.6 is 0 Å². The van der Waals surface area contributed by atoms with Crippen LogP contribution in [-0.2, 0) is 0 Å². The van der Waals surface area contributed by atoms with Crippen molar-refractivity contribution in [2.75, 3.05) is 40.3 Å². The molecule has 0 N–H and O–H groups in total. The lowest BCUT2D eigenvalue weighted by atomic mass is 10.0. The number of hydrogen-bond acceptors (Lipinski definition) is 5. The van der Waals surface area contributed by atoms with Crippen LogP contribution in [0.2, 0.25) is 0 Å². The Morgan fingerprint density at radius 1 is 1.33 bits per heavy atom. The molecule has 3 heterocycles. The van der Waals surface area contributed by atoms with Gasteiger partial charge in [-0.1, -0.05) is 0 Å². The molecular formula is C18H26N4O2. The van der Waals surface area contributed by atoms with Gasteiger partial charge in [0.15, 0.2) is 0 Å². The van der Waals surface area contributed by atoms with Crippen LogP contribution in [0.15, 0.2) is 10.5 Å². The predicted octanol–water partition coefficient (Wildman–Crippen LogP) is 1.70. The Morgan fingerprint density at radius 3 is 2.67 bits per heavy atom. The highest BCUT2D eigenvalue weighted by Gasteiger charge is 2.34. The van der Waals surface area contributed by atoms with Crippen LogP contribution in [0.3, 0.4) is 0 Å². The molecule has 2 aliphatic rings. The van der Waals surface area contributed by atoms with E-state index in [4.69, 9.17) is 9.68 Å². The summed E-state index contributed by atoms with van der Waals surface area (Å²) < 4.78 is 5.30. The Labute approximate surface area is 143 Å². The molecule has 0 aliphatic carbocycles. The van der Waals surface area contributed by atoms with E-state index in [-0.39, 0.29) is 17.7 Å². The molecule has 1 unspecified atom stereocenters. The second-order valence-electron chi connectivity index (χ2n) is 7.08. The smallest absolute Gasteiger partial charge is 0.257 e. The van der Waals surface area contributed by atoms with Crippen molar-refractivity contribution in [1.82, 2.24) is 14.7 Å². The number of likely N-dealkylation sites (tertiary alicyclic amines) is 2. The second kappa shape index (κ2) is 6.96. The van der Waals surface area contributed by atoms with E-state index in [9.17, 15) is 4.79 Å². The van der Waals surface area contributed by atoms with Crippen LogP contribution < -0.4 is 0 Å². The second-order valence-corrected chi connectivity index (χ2v) is 7.08. The zero-order valence-electron chi connectivity index (χ0n) is 14.8. The lowest BCUT2D eigenvalue weighted by Gasteiger charge is -2.35. The van der Waals surface area contributed by atoms with Crippen molar-refractivity contribution >= 4 is 5.91 Å². The summed E-state index contributed by atoms with van der Waals surface area (Å²) in [5.74, 6) is 0.671. The number of nitrogens with zero attached hydrogens (tertiary/aromatic N) is 4. The van der Waals surface area contributed by atoms with Crippen molar-refractivity contribution in [2.24, 2.45) is 0 Å². The maximum atomic E-state index is 12.7. The van der Waals surface area contributed by atoms with Crippen molar-refractivity contribution in [3.63, 3.8) is 0 Å². The van der Waals surface area contributed by atoms with E-state index in [0.29, 0.717) is 17.4 Å². The van der Waals surface area contributed by atoms with Crippen molar-refractivity contribution in [1.29, 1.82) is 5.26 Å². The van der Waals surface area contributed by atoms with Crippen LogP contribution in [-0.4, -0.2) is 73.0 Å². The van der Waals surface area contributed by atoms with E-state index in [2.05, 4.69) is 16.8 Å². The standard InChI is InChI=1S/C18H26N4O2/c1-13-17(10-16(11-19)24-13)18(23)21(3)15-6-9-22(12-15)14-4-7-20(2)8-5-14/h10,14-15H,4-9,12H2,1-3H3. The highest BCUT2D eigenvalue weighted by molar-refractivity contribution is 5.95. The molecule has 0 bridgehead atoms. The first kappa shape index (κ1) is 17.0. The number of carbonyl (C=O) groups excluding carboxylic acids is 1.